The van der Waals surface area contributed by atoms with E-state index < -0.39 is 0 Å². The predicted molar refractivity (Wildman–Crippen MR) is 109 cm³/mol. The Morgan fingerprint density at radius 3 is 2.60 bits per heavy atom. The quantitative estimate of drug-likeness (QED) is 0.747. The third-order valence-corrected chi connectivity index (χ3v) is 5.25. The molecule has 0 aliphatic heterocycles. The van der Waals surface area contributed by atoms with E-state index in [1.54, 1.807) is 0 Å². The smallest absolute Gasteiger partial charge is 0.172 e. The van der Waals surface area contributed by atoms with Gasteiger partial charge in [-0.1, -0.05) is 48.7 Å². The first-order chi connectivity index (χ1) is 12.0. The Morgan fingerprint density at radius 2 is 1.88 bits per heavy atom. The number of hydrogen-bond acceptors (Lipinski definition) is 2. The monoisotopic (exact) mass is 353 g/mol. The third kappa shape index (κ3) is 5.02. The minimum absolute atomic E-state index is 0.109. The van der Waals surface area contributed by atoms with E-state index in [0.29, 0.717) is 5.11 Å². The zero-order chi connectivity index (χ0) is 17.7. The topological polar surface area (TPSA) is 37.0 Å². The highest BCUT2D eigenvalue weighted by molar-refractivity contribution is 7.80. The average Bonchev–Trinajstić information content (AvgIpc) is 3.02. The Hall–Kier alpha value is -1.94. The molecule has 0 radical (unpaired) electrons. The molecule has 1 aromatic heterocycles. The Labute approximate surface area is 156 Å². The molecule has 3 rings (SSSR count). The second-order valence-corrected chi connectivity index (χ2v) is 7.63. The number of aromatic nitrogens is 1. The molecule has 4 heteroatoms. The summed E-state index contributed by atoms with van der Waals surface area (Å²) in [7, 11) is 0. The SMILES string of the molecule is Cc1cccc(CCC2(NC(=S)Nc3cccc(C)n3)CCCC2)c1. The van der Waals surface area contributed by atoms with E-state index >= 15 is 0 Å². The Balaban J connectivity index is 1.62. The molecule has 1 saturated carbocycles. The highest BCUT2D eigenvalue weighted by Gasteiger charge is 2.34. The molecule has 3 nitrogen and oxygen atoms in total. The number of thiocarbonyl (C=S) groups is 1. The van der Waals surface area contributed by atoms with Crippen LogP contribution in [0.3, 0.4) is 0 Å². The van der Waals surface area contributed by atoms with Crippen molar-refractivity contribution in [2.75, 3.05) is 5.32 Å². The predicted octanol–water partition coefficient (Wildman–Crippen LogP) is 4.93. The number of hydrogen-bond donors (Lipinski definition) is 2. The molecule has 0 saturated heterocycles. The molecule has 1 aliphatic carbocycles. The van der Waals surface area contributed by atoms with Crippen LogP contribution in [-0.2, 0) is 6.42 Å². The molecular weight excluding hydrogens is 326 g/mol. The van der Waals surface area contributed by atoms with Crippen LogP contribution in [0.2, 0.25) is 0 Å². The van der Waals surface area contributed by atoms with E-state index in [1.165, 1.54) is 36.8 Å². The summed E-state index contributed by atoms with van der Waals surface area (Å²) in [5.41, 5.74) is 3.83. The zero-order valence-corrected chi connectivity index (χ0v) is 16.0. The van der Waals surface area contributed by atoms with Gasteiger partial charge in [0.1, 0.15) is 5.82 Å². The second-order valence-electron chi connectivity index (χ2n) is 7.22. The van der Waals surface area contributed by atoms with Gasteiger partial charge in [0, 0.05) is 11.2 Å². The van der Waals surface area contributed by atoms with Crippen molar-refractivity contribution in [1.29, 1.82) is 0 Å². The van der Waals surface area contributed by atoms with Crippen molar-refractivity contribution in [3.63, 3.8) is 0 Å². The lowest BCUT2D eigenvalue weighted by Crippen LogP contribution is -2.48. The summed E-state index contributed by atoms with van der Waals surface area (Å²) in [5.74, 6) is 0.810. The highest BCUT2D eigenvalue weighted by atomic mass is 32.1. The lowest BCUT2D eigenvalue weighted by Gasteiger charge is -2.32. The van der Waals surface area contributed by atoms with Gasteiger partial charge in [-0.3, -0.25) is 0 Å². The summed E-state index contributed by atoms with van der Waals surface area (Å²) in [6, 6.07) is 14.8. The highest BCUT2D eigenvalue weighted by Crippen LogP contribution is 2.34. The molecule has 0 atom stereocenters. The van der Waals surface area contributed by atoms with Crippen LogP contribution in [0.1, 0.15) is 48.9 Å². The van der Waals surface area contributed by atoms with E-state index in [2.05, 4.69) is 46.8 Å². The third-order valence-electron chi connectivity index (χ3n) is 5.04. The summed E-state index contributed by atoms with van der Waals surface area (Å²) in [5, 5.41) is 7.56. The van der Waals surface area contributed by atoms with E-state index in [-0.39, 0.29) is 5.54 Å². The van der Waals surface area contributed by atoms with Crippen molar-refractivity contribution in [3.05, 3.63) is 59.3 Å². The molecule has 1 aliphatic rings. The largest absolute Gasteiger partial charge is 0.357 e. The Morgan fingerprint density at radius 1 is 1.12 bits per heavy atom. The van der Waals surface area contributed by atoms with Crippen LogP contribution in [0.5, 0.6) is 0 Å². The summed E-state index contributed by atoms with van der Waals surface area (Å²) >= 11 is 5.58. The first kappa shape index (κ1) is 17.9. The van der Waals surface area contributed by atoms with E-state index in [4.69, 9.17) is 12.2 Å². The van der Waals surface area contributed by atoms with Crippen LogP contribution in [0.25, 0.3) is 0 Å². The number of rotatable bonds is 5. The van der Waals surface area contributed by atoms with Crippen molar-refractivity contribution in [2.45, 2.75) is 57.9 Å². The van der Waals surface area contributed by atoms with Gasteiger partial charge in [-0.15, -0.1) is 0 Å². The molecule has 2 N–H and O–H groups in total. The average molecular weight is 354 g/mol. The minimum Gasteiger partial charge on any atom is -0.357 e. The van der Waals surface area contributed by atoms with Gasteiger partial charge in [0.05, 0.1) is 0 Å². The standard InChI is InChI=1S/C21H27N3S/c1-16-7-5-9-18(15-16)11-14-21(12-3-4-13-21)24-20(25)23-19-10-6-8-17(2)22-19/h5-10,15H,3-4,11-14H2,1-2H3,(H2,22,23,24,25). The molecule has 1 heterocycles. The number of nitrogens with zero attached hydrogens (tertiary/aromatic N) is 1. The lowest BCUT2D eigenvalue weighted by molar-refractivity contribution is 0.362. The van der Waals surface area contributed by atoms with Crippen LogP contribution < -0.4 is 10.6 Å². The van der Waals surface area contributed by atoms with Crippen molar-refractivity contribution in [2.24, 2.45) is 0 Å². The van der Waals surface area contributed by atoms with Gasteiger partial charge in [-0.25, -0.2) is 4.98 Å². The molecule has 0 bridgehead atoms. The van der Waals surface area contributed by atoms with E-state index in [1.807, 2.05) is 25.1 Å². The molecule has 25 heavy (non-hydrogen) atoms. The molecule has 132 valence electrons. The van der Waals surface area contributed by atoms with Crippen molar-refractivity contribution in [3.8, 4) is 0 Å². The Bertz CT molecular complexity index is 735. The fraction of sp³-hybridized carbons (Fsp3) is 0.429. The van der Waals surface area contributed by atoms with Gasteiger partial charge in [0.25, 0.3) is 0 Å². The fourth-order valence-corrected chi connectivity index (χ4v) is 4.06. The first-order valence-corrected chi connectivity index (χ1v) is 9.54. The molecular formula is C21H27N3S. The van der Waals surface area contributed by atoms with Crippen LogP contribution in [0, 0.1) is 13.8 Å². The first-order valence-electron chi connectivity index (χ1n) is 9.13. The number of aryl methyl sites for hydroxylation is 3. The van der Waals surface area contributed by atoms with Gasteiger partial charge in [-0.2, -0.15) is 0 Å². The maximum absolute atomic E-state index is 5.58. The summed E-state index contributed by atoms with van der Waals surface area (Å²) in [6.45, 7) is 4.14. The minimum atomic E-state index is 0.109. The van der Waals surface area contributed by atoms with E-state index in [9.17, 15) is 0 Å². The van der Waals surface area contributed by atoms with Crippen molar-refractivity contribution < 1.29 is 0 Å². The van der Waals surface area contributed by atoms with Gasteiger partial charge in [0.2, 0.25) is 0 Å². The molecule has 0 amide bonds. The molecule has 2 aromatic rings. The van der Waals surface area contributed by atoms with Crippen LogP contribution >= 0.6 is 12.2 Å². The van der Waals surface area contributed by atoms with E-state index in [0.717, 1.165) is 24.4 Å². The Kier molecular flexibility index (Phi) is 5.69. The normalized spacial score (nSPS) is 15.8. The van der Waals surface area contributed by atoms with Gasteiger partial charge < -0.3 is 10.6 Å². The fourth-order valence-electron chi connectivity index (χ4n) is 3.74. The summed E-state index contributed by atoms with van der Waals surface area (Å²) in [6.07, 6.45) is 7.10. The number of pyridine rings is 1. The van der Waals surface area contributed by atoms with Crippen LogP contribution in [0.4, 0.5) is 5.82 Å². The second kappa shape index (κ2) is 7.96. The number of benzene rings is 1. The number of nitrogens with one attached hydrogen (secondary N) is 2. The number of anilines is 1. The van der Waals surface area contributed by atoms with Gasteiger partial charge >= 0.3 is 0 Å². The zero-order valence-electron chi connectivity index (χ0n) is 15.1. The molecule has 1 aromatic carbocycles. The molecule has 0 unspecified atom stereocenters. The van der Waals surface area contributed by atoms with Crippen LogP contribution in [-0.4, -0.2) is 15.6 Å². The summed E-state index contributed by atoms with van der Waals surface area (Å²) < 4.78 is 0. The molecule has 1 fully saturated rings. The van der Waals surface area contributed by atoms with Crippen molar-refractivity contribution in [1.82, 2.24) is 10.3 Å². The maximum Gasteiger partial charge on any atom is 0.172 e. The van der Waals surface area contributed by atoms with Gasteiger partial charge in [-0.05, 0) is 69.4 Å². The summed E-state index contributed by atoms with van der Waals surface area (Å²) in [4.78, 5) is 4.48. The van der Waals surface area contributed by atoms with Gasteiger partial charge in [0.15, 0.2) is 5.11 Å². The lowest BCUT2D eigenvalue weighted by atomic mass is 9.89. The van der Waals surface area contributed by atoms with Crippen LogP contribution in [0.15, 0.2) is 42.5 Å². The van der Waals surface area contributed by atoms with Crippen molar-refractivity contribution >= 4 is 23.1 Å². The molecule has 0 spiro atoms. The maximum atomic E-state index is 5.58.